The number of ketones is 2. The van der Waals surface area contributed by atoms with Gasteiger partial charge >= 0.3 is 17.7 Å². The molecule has 0 aromatic heterocycles. The van der Waals surface area contributed by atoms with Gasteiger partial charge in [0, 0.05) is 34.8 Å². The van der Waals surface area contributed by atoms with Crippen molar-refractivity contribution in [2.24, 2.45) is 5.73 Å². The first-order valence-electron chi connectivity index (χ1n) is 23.7. The molecule has 3 aromatic rings. The first kappa shape index (κ1) is 72.8. The maximum atomic E-state index is 12.0. The number of nitrogens with one attached hydrogen (secondary N) is 3. The van der Waals surface area contributed by atoms with Gasteiger partial charge in [-0.1, -0.05) is 6.42 Å². The number of carbonyl (C=O) groups is 4. The van der Waals surface area contributed by atoms with Crippen LogP contribution in [0.15, 0.2) is 36.4 Å². The van der Waals surface area contributed by atoms with Crippen molar-refractivity contribution in [1.29, 1.82) is 0 Å². The highest BCUT2D eigenvalue weighted by Crippen LogP contribution is 2.36. The molecule has 78 heavy (non-hydrogen) atoms. The number of nitro groups is 3. The van der Waals surface area contributed by atoms with Crippen LogP contribution in [0.4, 0.5) is 26.7 Å². The van der Waals surface area contributed by atoms with Crippen molar-refractivity contribution >= 4 is 57.9 Å². The van der Waals surface area contributed by atoms with E-state index in [0.29, 0.717) is 42.6 Å². The Labute approximate surface area is 455 Å². The molecular formula is C49H72ClN7O21. The Kier molecular flexibility index (Phi) is 37.3. The van der Waals surface area contributed by atoms with Crippen LogP contribution in [-0.2, 0) is 48.5 Å². The van der Waals surface area contributed by atoms with Gasteiger partial charge in [0.25, 0.3) is 17.1 Å². The van der Waals surface area contributed by atoms with Crippen LogP contribution in [0.25, 0.3) is 0 Å². The average Bonchev–Trinajstić information content (AvgIpc) is 3.39. The van der Waals surface area contributed by atoms with Gasteiger partial charge in [-0.15, -0.1) is 0 Å². The molecule has 436 valence electrons. The molecule has 28 nitrogen and oxygen atoms in total. The molecule has 3 rings (SSSR count). The number of methoxy groups -OCH3 is 3. The molecule has 0 bridgehead atoms. The fraction of sp³-hybridized carbons (Fsp3) is 0.531. The van der Waals surface area contributed by atoms with Crippen LogP contribution >= 0.6 is 11.6 Å². The standard InChI is InChI=1S/C19H29N3O7.C11H12ClNO6.C10H13NO5.C8H18N2O.CO2/c1-12(24)16(20-3)7-5-6-8-21-19(25)29-13(2)15-9-14(11-23)18(28-4)10-17(15)22(26)27;1-6(19-11(12)15)8-3-7(5-14)10(18-2)4-9(8)13(16)17;1-6(13)8-3-7(5-12)10(16-2)4-9(8)11(14)15;1-7(11)8(10-2)5-3-4-6-9;2-1-3/h9-10,13,16,20,23H,5-8,11H2,1-4H3,(H,21,25);3-4,6,14H,5H2,1-2H3;3-4,6,12-13H,5H2,1-2H3;8,10H,3-6,9H2,1-2H3;. The van der Waals surface area contributed by atoms with Crippen molar-refractivity contribution in [3.63, 3.8) is 0 Å². The molecule has 0 heterocycles. The number of aliphatic hydroxyl groups is 4. The summed E-state index contributed by atoms with van der Waals surface area (Å²) in [6.07, 6.45) is 1.76. The van der Waals surface area contributed by atoms with E-state index in [-0.39, 0.29) is 101 Å². The number of carbonyl (C=O) groups excluding carboxylic acids is 6. The second-order valence-electron chi connectivity index (χ2n) is 16.3. The number of halogens is 1. The molecule has 0 saturated heterocycles. The second kappa shape index (κ2) is 40.0. The van der Waals surface area contributed by atoms with Gasteiger partial charge in [-0.3, -0.25) is 39.9 Å². The van der Waals surface area contributed by atoms with Crippen LogP contribution in [-0.4, -0.2) is 125 Å². The molecule has 0 spiro atoms. The van der Waals surface area contributed by atoms with E-state index in [1.165, 1.54) is 85.4 Å². The highest BCUT2D eigenvalue weighted by Gasteiger charge is 2.27. The number of aliphatic hydroxyl groups excluding tert-OH is 4. The van der Waals surface area contributed by atoms with E-state index in [2.05, 4.69) is 16.0 Å². The van der Waals surface area contributed by atoms with Gasteiger partial charge in [-0.25, -0.2) is 9.59 Å². The zero-order valence-corrected chi connectivity index (χ0v) is 45.9. The third kappa shape index (κ3) is 26.2. The summed E-state index contributed by atoms with van der Waals surface area (Å²) < 4.78 is 24.9. The van der Waals surface area contributed by atoms with Crippen LogP contribution in [0.5, 0.6) is 17.2 Å². The highest BCUT2D eigenvalue weighted by atomic mass is 35.5. The first-order valence-corrected chi connectivity index (χ1v) is 24.1. The second-order valence-corrected chi connectivity index (χ2v) is 16.6. The Morgan fingerprint density at radius 2 is 0.962 bits per heavy atom. The molecule has 5 atom stereocenters. The van der Waals surface area contributed by atoms with Gasteiger partial charge in [0.05, 0.1) is 109 Å². The van der Waals surface area contributed by atoms with E-state index in [4.69, 9.17) is 55.7 Å². The van der Waals surface area contributed by atoms with E-state index < -0.39 is 44.6 Å². The van der Waals surface area contributed by atoms with E-state index in [0.717, 1.165) is 25.7 Å². The van der Waals surface area contributed by atoms with Crippen LogP contribution in [0.1, 0.15) is 125 Å². The topological polar surface area (TPSA) is 421 Å². The van der Waals surface area contributed by atoms with Gasteiger partial charge in [-0.2, -0.15) is 9.59 Å². The van der Waals surface area contributed by atoms with Gasteiger partial charge in [0.15, 0.2) is 0 Å². The maximum Gasteiger partial charge on any atom is 0.407 e. The molecule has 0 saturated carbocycles. The quantitative estimate of drug-likeness (QED) is 0.0199. The Bertz CT molecular complexity index is 2440. The normalized spacial score (nSPS) is 12.1. The van der Waals surface area contributed by atoms with Crippen molar-refractivity contribution in [1.82, 2.24) is 16.0 Å². The van der Waals surface area contributed by atoms with E-state index in [9.17, 15) is 64.8 Å². The van der Waals surface area contributed by atoms with Crippen molar-refractivity contribution in [3.05, 3.63) is 100 Å². The minimum absolute atomic E-state index is 0.0292. The number of rotatable bonds is 27. The third-order valence-corrected chi connectivity index (χ3v) is 11.2. The molecule has 29 heteroatoms. The number of nitrogens with two attached hydrogens (primary N) is 1. The minimum atomic E-state index is -1.07. The summed E-state index contributed by atoms with van der Waals surface area (Å²) in [6, 6.07) is 7.52. The zero-order valence-electron chi connectivity index (χ0n) is 45.2. The van der Waals surface area contributed by atoms with E-state index in [1.807, 2.05) is 7.05 Å². The summed E-state index contributed by atoms with van der Waals surface area (Å²) in [5.74, 6) is 0.882. The van der Waals surface area contributed by atoms with Crippen LogP contribution < -0.4 is 35.9 Å². The van der Waals surface area contributed by atoms with Crippen LogP contribution in [0.2, 0.25) is 0 Å². The van der Waals surface area contributed by atoms with Gasteiger partial charge in [0.2, 0.25) is 0 Å². The van der Waals surface area contributed by atoms with Crippen molar-refractivity contribution in [2.75, 3.05) is 48.5 Å². The Morgan fingerprint density at radius 3 is 1.24 bits per heavy atom. The lowest BCUT2D eigenvalue weighted by Crippen LogP contribution is -2.32. The number of alkyl carbamates (subject to hydrolysis) is 1. The lowest BCUT2D eigenvalue weighted by Gasteiger charge is -2.17. The molecule has 0 radical (unpaired) electrons. The van der Waals surface area contributed by atoms with E-state index in [1.54, 1.807) is 14.0 Å². The number of benzene rings is 3. The summed E-state index contributed by atoms with van der Waals surface area (Å²) in [4.78, 5) is 92.5. The van der Waals surface area contributed by atoms with Gasteiger partial charge < -0.3 is 65.8 Å². The molecule has 0 fully saturated rings. The van der Waals surface area contributed by atoms with Crippen LogP contribution in [0.3, 0.4) is 0 Å². The van der Waals surface area contributed by atoms with Crippen LogP contribution in [0, 0.1) is 30.3 Å². The molecule has 0 aliphatic rings. The maximum absolute atomic E-state index is 12.0. The Morgan fingerprint density at radius 1 is 0.628 bits per heavy atom. The number of likely N-dealkylation sites (N-methyl/N-ethyl adjacent to an activating group) is 2. The predicted octanol–water partition coefficient (Wildman–Crippen LogP) is 5.62. The molecule has 0 aliphatic carbocycles. The number of ether oxygens (including phenoxy) is 5. The summed E-state index contributed by atoms with van der Waals surface area (Å²) in [5, 5.41) is 78.7. The number of unbranched alkanes of at least 4 members (excludes halogenated alkanes) is 2. The van der Waals surface area contributed by atoms with Gasteiger partial charge in [0.1, 0.15) is 41.0 Å². The van der Waals surface area contributed by atoms with E-state index >= 15 is 0 Å². The summed E-state index contributed by atoms with van der Waals surface area (Å²) >= 11 is 5.08. The molecule has 9 N–H and O–H groups in total. The largest absolute Gasteiger partial charge is 0.496 e. The fourth-order valence-corrected chi connectivity index (χ4v) is 7.16. The smallest absolute Gasteiger partial charge is 0.407 e. The highest BCUT2D eigenvalue weighted by molar-refractivity contribution is 6.61. The number of nitro benzene ring substituents is 3. The number of Topliss-reactive ketones (excluding diaryl/α,β-unsaturated/α-hetero) is 2. The lowest BCUT2D eigenvalue weighted by atomic mass is 10.0. The minimum Gasteiger partial charge on any atom is -0.496 e. The molecule has 0 aliphatic heterocycles. The van der Waals surface area contributed by atoms with Gasteiger partial charge in [-0.05, 0) is 106 Å². The average molecular weight is 1130 g/mol. The molecule has 5 unspecified atom stereocenters. The summed E-state index contributed by atoms with van der Waals surface area (Å²) in [7, 11) is 7.58. The first-order chi connectivity index (χ1) is 36.8. The predicted molar refractivity (Wildman–Crippen MR) is 280 cm³/mol. The summed E-state index contributed by atoms with van der Waals surface area (Å²) in [5.41, 5.74) is 5.06. The monoisotopic (exact) mass is 1130 g/mol. The van der Waals surface area contributed by atoms with Crippen molar-refractivity contribution < 1.29 is 87.6 Å². The van der Waals surface area contributed by atoms with Crippen molar-refractivity contribution in [2.45, 2.75) is 123 Å². The number of amides is 1. The number of hydrogen-bond acceptors (Lipinski definition) is 24. The molecule has 3 aromatic carbocycles. The number of nitrogens with zero attached hydrogens (tertiary/aromatic N) is 3. The SMILES string of the molecule is CNC(CCCCN)C(C)=O.CNC(CCCCNC(=O)OC(C)c1cc(CO)c(OC)cc1[N+](=O)[O-])C(C)=O.COc1cc([N+](=O)[O-])c(C(C)O)cc1CO.COc1cc([N+](=O)[O-])c(C(C)OC(=O)Cl)cc1CO.O=C=O. The number of hydrogen-bond donors (Lipinski definition) is 8. The zero-order chi connectivity index (χ0) is 60.2. The summed E-state index contributed by atoms with van der Waals surface area (Å²) in [6.45, 7) is 7.55. The lowest BCUT2D eigenvalue weighted by molar-refractivity contribution is -0.386. The molecular weight excluding hydrogens is 1060 g/mol. The third-order valence-electron chi connectivity index (χ3n) is 11.1. The molecule has 1 amide bonds. The fourth-order valence-electron chi connectivity index (χ4n) is 7.03. The Hall–Kier alpha value is -7.27. The Balaban J connectivity index is 0. The van der Waals surface area contributed by atoms with Crippen molar-refractivity contribution in [3.8, 4) is 17.2 Å².